The first kappa shape index (κ1) is 11.7. The van der Waals surface area contributed by atoms with E-state index in [9.17, 15) is 4.79 Å². The summed E-state index contributed by atoms with van der Waals surface area (Å²) in [6.07, 6.45) is 0.631. The molecule has 0 radical (unpaired) electrons. The zero-order chi connectivity index (χ0) is 11.6. The van der Waals surface area contributed by atoms with Crippen LogP contribution in [0.15, 0.2) is 0 Å². The van der Waals surface area contributed by atoms with Crippen LogP contribution in [0.1, 0.15) is 49.9 Å². The third-order valence-corrected chi connectivity index (χ3v) is 2.68. The number of carboxylic acids is 1. The van der Waals surface area contributed by atoms with Gasteiger partial charge in [-0.25, -0.2) is 9.48 Å². The minimum absolute atomic E-state index is 0.0741. The number of carbonyl (C=O) groups is 1. The Bertz CT molecular complexity index is 358. The van der Waals surface area contributed by atoms with Crippen LogP contribution in [0.4, 0.5) is 0 Å². The third kappa shape index (κ3) is 2.16. The largest absolute Gasteiger partial charge is 0.476 e. The van der Waals surface area contributed by atoms with Gasteiger partial charge in [0.2, 0.25) is 0 Å². The van der Waals surface area contributed by atoms with Gasteiger partial charge in [0, 0.05) is 0 Å². The number of hydrogen-bond acceptors (Lipinski definition) is 3. The molecule has 1 heterocycles. The molecule has 1 atom stereocenters. The second kappa shape index (κ2) is 4.42. The van der Waals surface area contributed by atoms with E-state index in [-0.39, 0.29) is 11.7 Å². The maximum absolute atomic E-state index is 10.9. The lowest BCUT2D eigenvalue weighted by Crippen LogP contribution is -2.16. The zero-order valence-electron chi connectivity index (χ0n) is 9.56. The Labute approximate surface area is 89.1 Å². The third-order valence-electron chi connectivity index (χ3n) is 2.68. The Morgan fingerprint density at radius 1 is 1.47 bits per heavy atom. The maximum atomic E-state index is 10.9. The molecule has 0 fully saturated rings. The minimum atomic E-state index is -1.01. The van der Waals surface area contributed by atoms with E-state index in [0.717, 1.165) is 0 Å². The molecular formula is C10H17N3O2. The van der Waals surface area contributed by atoms with Crippen molar-refractivity contribution in [3.63, 3.8) is 0 Å². The van der Waals surface area contributed by atoms with Crippen LogP contribution in [-0.2, 0) is 6.42 Å². The summed E-state index contributed by atoms with van der Waals surface area (Å²) >= 11 is 0. The molecule has 0 aliphatic rings. The van der Waals surface area contributed by atoms with E-state index in [1.54, 1.807) is 4.68 Å². The SMILES string of the molecule is CCc1c(C(=O)O)nnn1C(C)C(C)C. The fourth-order valence-electron chi connectivity index (χ4n) is 1.42. The van der Waals surface area contributed by atoms with Gasteiger partial charge in [-0.2, -0.15) is 0 Å². The van der Waals surface area contributed by atoms with E-state index >= 15 is 0 Å². The van der Waals surface area contributed by atoms with Crippen LogP contribution < -0.4 is 0 Å². The highest BCUT2D eigenvalue weighted by molar-refractivity contribution is 5.86. The fraction of sp³-hybridized carbons (Fsp3) is 0.700. The summed E-state index contributed by atoms with van der Waals surface area (Å²) in [5.74, 6) is -0.604. The van der Waals surface area contributed by atoms with Crippen molar-refractivity contribution in [3.8, 4) is 0 Å². The normalized spacial score (nSPS) is 13.1. The highest BCUT2D eigenvalue weighted by atomic mass is 16.4. The fourth-order valence-corrected chi connectivity index (χ4v) is 1.42. The number of nitrogens with zero attached hydrogens (tertiary/aromatic N) is 3. The predicted molar refractivity (Wildman–Crippen MR) is 55.9 cm³/mol. The molecule has 0 saturated carbocycles. The Kier molecular flexibility index (Phi) is 3.44. The van der Waals surface area contributed by atoms with Crippen molar-refractivity contribution >= 4 is 5.97 Å². The van der Waals surface area contributed by atoms with Gasteiger partial charge in [0.1, 0.15) is 0 Å². The van der Waals surface area contributed by atoms with E-state index in [0.29, 0.717) is 18.0 Å². The summed E-state index contributed by atoms with van der Waals surface area (Å²) < 4.78 is 1.72. The van der Waals surface area contributed by atoms with Crippen LogP contribution in [0.5, 0.6) is 0 Å². The maximum Gasteiger partial charge on any atom is 0.358 e. The van der Waals surface area contributed by atoms with Gasteiger partial charge < -0.3 is 5.11 Å². The molecule has 15 heavy (non-hydrogen) atoms. The molecule has 0 aromatic carbocycles. The molecule has 0 amide bonds. The van der Waals surface area contributed by atoms with Crippen molar-refractivity contribution in [2.75, 3.05) is 0 Å². The van der Waals surface area contributed by atoms with E-state index < -0.39 is 5.97 Å². The summed E-state index contributed by atoms with van der Waals surface area (Å²) in [5.41, 5.74) is 0.772. The van der Waals surface area contributed by atoms with Crippen LogP contribution in [0, 0.1) is 5.92 Å². The van der Waals surface area contributed by atoms with Crippen LogP contribution in [0.3, 0.4) is 0 Å². The number of rotatable bonds is 4. The van der Waals surface area contributed by atoms with Gasteiger partial charge in [-0.05, 0) is 19.3 Å². The van der Waals surface area contributed by atoms with Gasteiger partial charge >= 0.3 is 5.97 Å². The average molecular weight is 211 g/mol. The van der Waals surface area contributed by atoms with Gasteiger partial charge in [0.15, 0.2) is 5.69 Å². The lowest BCUT2D eigenvalue weighted by Gasteiger charge is -2.17. The van der Waals surface area contributed by atoms with E-state index in [4.69, 9.17) is 5.11 Å². The molecule has 0 saturated heterocycles. The van der Waals surface area contributed by atoms with Crippen molar-refractivity contribution < 1.29 is 9.90 Å². The molecule has 1 aromatic heterocycles. The first-order valence-electron chi connectivity index (χ1n) is 5.16. The monoisotopic (exact) mass is 211 g/mol. The first-order valence-corrected chi connectivity index (χ1v) is 5.16. The van der Waals surface area contributed by atoms with Crippen LogP contribution in [0.2, 0.25) is 0 Å². The number of carboxylic acid groups (broad SMARTS) is 1. The van der Waals surface area contributed by atoms with Gasteiger partial charge in [-0.3, -0.25) is 0 Å². The van der Waals surface area contributed by atoms with Gasteiger partial charge in [-0.15, -0.1) is 5.10 Å². The quantitative estimate of drug-likeness (QED) is 0.823. The van der Waals surface area contributed by atoms with Gasteiger partial charge in [0.05, 0.1) is 11.7 Å². The number of aromatic carboxylic acids is 1. The average Bonchev–Trinajstić information content (AvgIpc) is 2.59. The van der Waals surface area contributed by atoms with Crippen molar-refractivity contribution in [1.82, 2.24) is 15.0 Å². The molecule has 84 valence electrons. The van der Waals surface area contributed by atoms with Crippen LogP contribution in [-0.4, -0.2) is 26.1 Å². The lowest BCUT2D eigenvalue weighted by molar-refractivity contribution is 0.0689. The van der Waals surface area contributed by atoms with Gasteiger partial charge in [0.25, 0.3) is 0 Å². The Balaban J connectivity index is 3.14. The molecule has 1 rings (SSSR count). The summed E-state index contributed by atoms with van der Waals surface area (Å²) in [4.78, 5) is 10.9. The summed E-state index contributed by atoms with van der Waals surface area (Å²) in [6, 6.07) is 0.167. The number of hydrogen-bond donors (Lipinski definition) is 1. The summed E-state index contributed by atoms with van der Waals surface area (Å²) in [6.45, 7) is 8.08. The molecule has 1 aromatic rings. The van der Waals surface area contributed by atoms with Crippen molar-refractivity contribution in [2.24, 2.45) is 5.92 Å². The molecule has 0 aliphatic carbocycles. The molecule has 0 spiro atoms. The molecule has 0 aliphatic heterocycles. The standard InChI is InChI=1S/C10H17N3O2/c1-5-8-9(10(14)15)11-12-13(8)7(4)6(2)3/h6-7H,5H2,1-4H3,(H,14,15). The zero-order valence-corrected chi connectivity index (χ0v) is 9.56. The van der Waals surface area contributed by atoms with Crippen LogP contribution >= 0.6 is 0 Å². The molecular weight excluding hydrogens is 194 g/mol. The summed E-state index contributed by atoms with van der Waals surface area (Å²) in [7, 11) is 0. The topological polar surface area (TPSA) is 68.0 Å². The smallest absolute Gasteiger partial charge is 0.358 e. The Morgan fingerprint density at radius 2 is 2.07 bits per heavy atom. The van der Waals surface area contributed by atoms with Crippen molar-refractivity contribution in [1.29, 1.82) is 0 Å². The highest BCUT2D eigenvalue weighted by Crippen LogP contribution is 2.19. The van der Waals surface area contributed by atoms with Crippen LogP contribution in [0.25, 0.3) is 0 Å². The molecule has 5 heteroatoms. The van der Waals surface area contributed by atoms with Crippen molar-refractivity contribution in [3.05, 3.63) is 11.4 Å². The molecule has 1 unspecified atom stereocenters. The minimum Gasteiger partial charge on any atom is -0.476 e. The van der Waals surface area contributed by atoms with E-state index in [2.05, 4.69) is 24.2 Å². The molecule has 5 nitrogen and oxygen atoms in total. The molecule has 1 N–H and O–H groups in total. The Hall–Kier alpha value is -1.39. The summed E-state index contributed by atoms with van der Waals surface area (Å²) in [5, 5.41) is 16.5. The Morgan fingerprint density at radius 3 is 2.47 bits per heavy atom. The lowest BCUT2D eigenvalue weighted by atomic mass is 10.1. The number of aromatic nitrogens is 3. The second-order valence-electron chi connectivity index (χ2n) is 3.97. The van der Waals surface area contributed by atoms with Gasteiger partial charge in [-0.1, -0.05) is 26.0 Å². The van der Waals surface area contributed by atoms with E-state index in [1.165, 1.54) is 0 Å². The predicted octanol–water partition coefficient (Wildman–Crippen LogP) is 1.76. The molecule has 0 bridgehead atoms. The highest BCUT2D eigenvalue weighted by Gasteiger charge is 2.21. The second-order valence-corrected chi connectivity index (χ2v) is 3.97. The first-order chi connectivity index (χ1) is 6.99. The van der Waals surface area contributed by atoms with E-state index in [1.807, 2.05) is 13.8 Å². The van der Waals surface area contributed by atoms with Crippen molar-refractivity contribution in [2.45, 2.75) is 40.2 Å².